The van der Waals surface area contributed by atoms with E-state index in [0.717, 1.165) is 27.0 Å². The Hall–Kier alpha value is -2.11. The minimum Gasteiger partial charge on any atom is -0.276 e. The van der Waals surface area contributed by atoms with E-state index in [1.807, 2.05) is 49.1 Å². The van der Waals surface area contributed by atoms with Gasteiger partial charge in [0.1, 0.15) is 0 Å². The van der Waals surface area contributed by atoms with Gasteiger partial charge in [0.15, 0.2) is 0 Å². The summed E-state index contributed by atoms with van der Waals surface area (Å²) in [7, 11) is 1.94. The monoisotopic (exact) mass is 371 g/mol. The highest BCUT2D eigenvalue weighted by Gasteiger charge is 2.15. The van der Waals surface area contributed by atoms with Crippen molar-refractivity contribution in [3.8, 4) is 22.4 Å². The molecule has 1 N–H and O–H groups in total. The lowest BCUT2D eigenvalue weighted by atomic mass is 9.97. The molecule has 1 heterocycles. The van der Waals surface area contributed by atoms with Crippen LogP contribution in [-0.4, -0.2) is 16.4 Å². The molecular formula is C18H18BrN3O. The number of benzene rings is 2. The number of halogens is 1. The number of hydrogen-bond acceptors (Lipinski definition) is 3. The Kier molecular flexibility index (Phi) is 4.79. The van der Waals surface area contributed by atoms with E-state index in [-0.39, 0.29) is 0 Å². The van der Waals surface area contributed by atoms with Gasteiger partial charge in [-0.25, -0.2) is 0 Å². The van der Waals surface area contributed by atoms with Gasteiger partial charge in [-0.15, -0.1) is 0 Å². The first-order chi connectivity index (χ1) is 11.2. The van der Waals surface area contributed by atoms with Gasteiger partial charge < -0.3 is 0 Å². The van der Waals surface area contributed by atoms with Crippen LogP contribution in [0.4, 0.5) is 5.69 Å². The Morgan fingerprint density at radius 1 is 1.13 bits per heavy atom. The van der Waals surface area contributed by atoms with Crippen molar-refractivity contribution in [3.63, 3.8) is 0 Å². The van der Waals surface area contributed by atoms with Crippen LogP contribution in [0.15, 0.2) is 59.2 Å². The molecule has 0 aliphatic heterocycles. The van der Waals surface area contributed by atoms with Gasteiger partial charge in [0.25, 0.3) is 0 Å². The molecule has 3 rings (SSSR count). The van der Waals surface area contributed by atoms with E-state index in [0.29, 0.717) is 6.61 Å². The molecule has 0 saturated carbocycles. The third kappa shape index (κ3) is 3.30. The number of aryl methyl sites for hydroxylation is 1. The van der Waals surface area contributed by atoms with Crippen molar-refractivity contribution >= 4 is 21.6 Å². The van der Waals surface area contributed by atoms with Gasteiger partial charge in [-0.2, -0.15) is 5.10 Å². The molecule has 0 unspecified atom stereocenters. The molecule has 0 fully saturated rings. The molecule has 0 spiro atoms. The average Bonchev–Trinajstić information content (AvgIpc) is 2.92. The minimum absolute atomic E-state index is 0.602. The topological polar surface area (TPSA) is 39.1 Å². The van der Waals surface area contributed by atoms with Crippen molar-refractivity contribution in [3.05, 3.63) is 59.2 Å². The molecule has 23 heavy (non-hydrogen) atoms. The average molecular weight is 372 g/mol. The van der Waals surface area contributed by atoms with Gasteiger partial charge in [-0.3, -0.25) is 15.0 Å². The summed E-state index contributed by atoms with van der Waals surface area (Å²) in [5.74, 6) is 0. The van der Waals surface area contributed by atoms with E-state index < -0.39 is 0 Å². The second kappa shape index (κ2) is 6.98. The second-order valence-electron chi connectivity index (χ2n) is 5.13. The Labute approximate surface area is 144 Å². The fraction of sp³-hybridized carbons (Fsp3) is 0.167. The lowest BCUT2D eigenvalue weighted by Gasteiger charge is -2.14. The molecule has 0 radical (unpaired) electrons. The molecule has 0 bridgehead atoms. The van der Waals surface area contributed by atoms with Crippen LogP contribution in [0, 0.1) is 0 Å². The van der Waals surface area contributed by atoms with Crippen molar-refractivity contribution in [2.24, 2.45) is 7.05 Å². The fourth-order valence-corrected chi connectivity index (χ4v) is 3.10. The third-order valence-electron chi connectivity index (χ3n) is 3.59. The summed E-state index contributed by atoms with van der Waals surface area (Å²) < 4.78 is 2.83. The predicted octanol–water partition coefficient (Wildman–Crippen LogP) is 4.88. The van der Waals surface area contributed by atoms with Gasteiger partial charge in [-0.1, -0.05) is 36.4 Å². The van der Waals surface area contributed by atoms with Gasteiger partial charge in [0, 0.05) is 12.6 Å². The van der Waals surface area contributed by atoms with Crippen molar-refractivity contribution in [2.75, 3.05) is 12.1 Å². The molecule has 0 aliphatic rings. The molecule has 5 heteroatoms. The lowest BCUT2D eigenvalue weighted by molar-refractivity contribution is 0.210. The summed E-state index contributed by atoms with van der Waals surface area (Å²) in [6.07, 6.45) is 1.81. The highest BCUT2D eigenvalue weighted by molar-refractivity contribution is 9.10. The standard InChI is InChI=1S/C18H18BrN3O/c1-3-23-21-14-9-10-15(13-7-5-4-6-8-13)16(11-14)18-17(19)12-20-22(18)2/h4-12,21H,3H2,1-2H3. The summed E-state index contributed by atoms with van der Waals surface area (Å²) in [5, 5.41) is 4.34. The quantitative estimate of drug-likeness (QED) is 0.649. The van der Waals surface area contributed by atoms with Gasteiger partial charge in [0.05, 0.1) is 28.7 Å². The summed E-state index contributed by atoms with van der Waals surface area (Å²) in [6, 6.07) is 16.5. The van der Waals surface area contributed by atoms with Gasteiger partial charge in [-0.05, 0) is 46.1 Å². The fourth-order valence-electron chi connectivity index (χ4n) is 2.54. The van der Waals surface area contributed by atoms with Gasteiger partial charge in [0.2, 0.25) is 0 Å². The zero-order valence-electron chi connectivity index (χ0n) is 13.1. The van der Waals surface area contributed by atoms with Crippen molar-refractivity contribution < 1.29 is 4.84 Å². The maximum Gasteiger partial charge on any atom is 0.0828 e. The number of anilines is 1. The van der Waals surface area contributed by atoms with Crippen LogP contribution >= 0.6 is 15.9 Å². The first kappa shape index (κ1) is 15.8. The summed E-state index contributed by atoms with van der Waals surface area (Å²) in [6.45, 7) is 2.55. The van der Waals surface area contributed by atoms with Crippen LogP contribution in [0.3, 0.4) is 0 Å². The summed E-state index contributed by atoms with van der Waals surface area (Å²) >= 11 is 3.60. The molecule has 0 saturated heterocycles. The zero-order chi connectivity index (χ0) is 16.2. The van der Waals surface area contributed by atoms with Crippen molar-refractivity contribution in [1.29, 1.82) is 0 Å². The molecule has 1 aromatic heterocycles. The van der Waals surface area contributed by atoms with Gasteiger partial charge >= 0.3 is 0 Å². The predicted molar refractivity (Wildman–Crippen MR) is 97.0 cm³/mol. The molecule has 0 amide bonds. The van der Waals surface area contributed by atoms with Crippen LogP contribution in [0.25, 0.3) is 22.4 Å². The highest BCUT2D eigenvalue weighted by atomic mass is 79.9. The Bertz CT molecular complexity index is 780. The number of nitrogens with zero attached hydrogens (tertiary/aromatic N) is 2. The van der Waals surface area contributed by atoms with Crippen LogP contribution in [0.2, 0.25) is 0 Å². The maximum absolute atomic E-state index is 5.31. The van der Waals surface area contributed by atoms with Crippen LogP contribution in [-0.2, 0) is 11.9 Å². The Morgan fingerprint density at radius 2 is 1.91 bits per heavy atom. The number of hydrogen-bond donors (Lipinski definition) is 1. The normalized spacial score (nSPS) is 10.7. The number of aromatic nitrogens is 2. The Balaban J connectivity index is 2.16. The number of nitrogens with one attached hydrogen (secondary N) is 1. The largest absolute Gasteiger partial charge is 0.276 e. The van der Waals surface area contributed by atoms with Crippen LogP contribution in [0.1, 0.15) is 6.92 Å². The second-order valence-corrected chi connectivity index (χ2v) is 5.98. The van der Waals surface area contributed by atoms with Crippen LogP contribution < -0.4 is 5.48 Å². The molecule has 0 aliphatic carbocycles. The van der Waals surface area contributed by atoms with E-state index >= 15 is 0 Å². The lowest BCUT2D eigenvalue weighted by Crippen LogP contribution is -2.01. The zero-order valence-corrected chi connectivity index (χ0v) is 14.7. The molecule has 2 aromatic carbocycles. The first-order valence-electron chi connectivity index (χ1n) is 7.46. The van der Waals surface area contributed by atoms with E-state index in [1.165, 1.54) is 5.56 Å². The molecule has 118 valence electrons. The van der Waals surface area contributed by atoms with E-state index in [1.54, 1.807) is 0 Å². The van der Waals surface area contributed by atoms with Crippen molar-refractivity contribution in [2.45, 2.75) is 6.92 Å². The molecule has 4 nitrogen and oxygen atoms in total. The van der Waals surface area contributed by atoms with E-state index in [4.69, 9.17) is 4.84 Å². The molecule has 3 aromatic rings. The molecule has 0 atom stereocenters. The minimum atomic E-state index is 0.602. The summed E-state index contributed by atoms with van der Waals surface area (Å²) in [5.41, 5.74) is 8.32. The smallest absolute Gasteiger partial charge is 0.0828 e. The first-order valence-corrected chi connectivity index (χ1v) is 8.25. The van der Waals surface area contributed by atoms with Crippen LogP contribution in [0.5, 0.6) is 0 Å². The van der Waals surface area contributed by atoms with E-state index in [9.17, 15) is 0 Å². The summed E-state index contributed by atoms with van der Waals surface area (Å²) in [4.78, 5) is 5.31. The third-order valence-corrected chi connectivity index (χ3v) is 4.17. The Morgan fingerprint density at radius 3 is 2.57 bits per heavy atom. The maximum atomic E-state index is 5.31. The van der Waals surface area contributed by atoms with Crippen molar-refractivity contribution in [1.82, 2.24) is 9.78 Å². The molecular weight excluding hydrogens is 354 g/mol. The highest BCUT2D eigenvalue weighted by Crippen LogP contribution is 2.37. The van der Waals surface area contributed by atoms with E-state index in [2.05, 4.69) is 50.8 Å². The number of rotatable bonds is 5. The SMILES string of the molecule is CCONc1ccc(-c2ccccc2)c(-c2c(Br)cnn2C)c1.